The highest BCUT2D eigenvalue weighted by molar-refractivity contribution is 5.79. The second-order valence-corrected chi connectivity index (χ2v) is 8.22. The smallest absolute Gasteiger partial charge is 0.326 e. The number of ether oxygens (including phenoxy) is 1. The van der Waals surface area contributed by atoms with Crippen LogP contribution in [0.5, 0.6) is 0 Å². The normalized spacial score (nSPS) is 20.0. The Hall–Kier alpha value is -3.00. The van der Waals surface area contributed by atoms with Gasteiger partial charge in [0.05, 0.1) is 11.4 Å². The number of fused-ring (bicyclic) bond motifs is 1. The number of imidazole rings is 1. The molecule has 2 saturated heterocycles. The number of hydrogen-bond donors (Lipinski definition) is 3. The van der Waals surface area contributed by atoms with Crippen molar-refractivity contribution in [3.05, 3.63) is 46.0 Å². The number of benzene rings is 1. The molecule has 0 saturated carbocycles. The number of H-pyrrole nitrogens is 2. The third kappa shape index (κ3) is 3.87. The topological polar surface area (TPSA) is 113 Å². The predicted molar refractivity (Wildman–Crippen MR) is 112 cm³/mol. The lowest BCUT2D eigenvalue weighted by molar-refractivity contribution is -0.119. The second kappa shape index (κ2) is 8.02. The summed E-state index contributed by atoms with van der Waals surface area (Å²) < 4.78 is 5.47. The zero-order valence-electron chi connectivity index (χ0n) is 16.7. The van der Waals surface area contributed by atoms with Crippen LogP contribution in [0.25, 0.3) is 22.6 Å². The summed E-state index contributed by atoms with van der Waals surface area (Å²) in [5, 5.41) is 2.89. The average Bonchev–Trinajstić information content (AvgIpc) is 3.36. The van der Waals surface area contributed by atoms with E-state index in [0.717, 1.165) is 61.4 Å². The molecule has 8 nitrogen and oxygen atoms in total. The summed E-state index contributed by atoms with van der Waals surface area (Å²) in [6.45, 7) is 2.34. The molecule has 0 radical (unpaired) electrons. The Labute approximate surface area is 173 Å². The Bertz CT molecular complexity index is 1110. The van der Waals surface area contributed by atoms with Gasteiger partial charge in [0, 0.05) is 37.7 Å². The zero-order chi connectivity index (χ0) is 20.5. The minimum absolute atomic E-state index is 0.104. The highest BCUT2D eigenvalue weighted by atomic mass is 16.5. The maximum Gasteiger partial charge on any atom is 0.326 e. The van der Waals surface area contributed by atoms with Gasteiger partial charge in [-0.3, -0.25) is 14.8 Å². The maximum absolute atomic E-state index is 11.7. The summed E-state index contributed by atoms with van der Waals surface area (Å²) in [7, 11) is 0. The van der Waals surface area contributed by atoms with E-state index < -0.39 is 0 Å². The number of aromatic amines is 2. The van der Waals surface area contributed by atoms with Crippen LogP contribution < -0.4 is 11.0 Å². The van der Waals surface area contributed by atoms with Gasteiger partial charge in [-0.1, -0.05) is 24.3 Å². The van der Waals surface area contributed by atoms with Crippen LogP contribution in [0.3, 0.4) is 0 Å². The van der Waals surface area contributed by atoms with E-state index in [-0.39, 0.29) is 17.5 Å². The van der Waals surface area contributed by atoms with Crippen LogP contribution in [-0.2, 0) is 16.0 Å². The third-order valence-electron chi connectivity index (χ3n) is 6.20. The van der Waals surface area contributed by atoms with Crippen LogP contribution in [0, 0.1) is 5.92 Å². The molecule has 3 aromatic rings. The largest absolute Gasteiger partial charge is 0.381 e. The standard InChI is InChI=1S/C22H25N5O3/c28-18-11-16(12-23-18)14-2-4-15(5-3-14)19-17(6-1-13-7-9-30-10-8-13)24-20-21(25-19)27-22(29)26-20/h2-5,13,16H,1,6-12H2,(H,23,28)(H2,24,25,26,27,29). The number of nitrogens with one attached hydrogen (secondary N) is 3. The summed E-state index contributed by atoms with van der Waals surface area (Å²) in [5.74, 6) is 0.950. The summed E-state index contributed by atoms with van der Waals surface area (Å²) >= 11 is 0. The van der Waals surface area contributed by atoms with Crippen molar-refractivity contribution in [3.8, 4) is 11.3 Å². The molecule has 0 spiro atoms. The van der Waals surface area contributed by atoms with Crippen LogP contribution in [0.4, 0.5) is 0 Å². The first-order valence-electron chi connectivity index (χ1n) is 10.6. The molecule has 2 aliphatic heterocycles. The van der Waals surface area contributed by atoms with E-state index in [9.17, 15) is 9.59 Å². The van der Waals surface area contributed by atoms with E-state index >= 15 is 0 Å². The first kappa shape index (κ1) is 19.0. The minimum Gasteiger partial charge on any atom is -0.381 e. The van der Waals surface area contributed by atoms with Crippen molar-refractivity contribution in [3.63, 3.8) is 0 Å². The Morgan fingerprint density at radius 2 is 1.73 bits per heavy atom. The van der Waals surface area contributed by atoms with Crippen LogP contribution in [0.15, 0.2) is 29.1 Å². The van der Waals surface area contributed by atoms with Crippen molar-refractivity contribution in [1.29, 1.82) is 0 Å². The molecular weight excluding hydrogens is 382 g/mol. The summed E-state index contributed by atoms with van der Waals surface area (Å²) in [6.07, 6.45) is 4.52. The lowest BCUT2D eigenvalue weighted by atomic mass is 9.92. The maximum atomic E-state index is 11.7. The molecule has 8 heteroatoms. The highest BCUT2D eigenvalue weighted by Gasteiger charge is 2.23. The minimum atomic E-state index is -0.300. The molecule has 1 atom stereocenters. The molecule has 1 unspecified atom stereocenters. The van der Waals surface area contributed by atoms with Gasteiger partial charge in [-0.25, -0.2) is 14.8 Å². The molecule has 5 rings (SSSR count). The fraction of sp³-hybridized carbons (Fsp3) is 0.455. The van der Waals surface area contributed by atoms with Crippen LogP contribution in [0.1, 0.15) is 42.9 Å². The summed E-state index contributed by atoms with van der Waals surface area (Å²) in [5.41, 5.74) is 4.48. The van der Waals surface area contributed by atoms with Gasteiger partial charge in [0.15, 0.2) is 11.3 Å². The zero-order valence-corrected chi connectivity index (χ0v) is 16.7. The Morgan fingerprint density at radius 1 is 1.00 bits per heavy atom. The number of carbonyl (C=O) groups excluding carboxylic acids is 1. The van der Waals surface area contributed by atoms with E-state index in [1.54, 1.807) is 0 Å². The fourth-order valence-corrected chi connectivity index (χ4v) is 4.43. The van der Waals surface area contributed by atoms with Crippen LogP contribution in [0.2, 0.25) is 0 Å². The van der Waals surface area contributed by atoms with Crippen molar-refractivity contribution < 1.29 is 9.53 Å². The number of hydrogen-bond acceptors (Lipinski definition) is 5. The summed E-state index contributed by atoms with van der Waals surface area (Å²) in [6, 6.07) is 8.20. The molecule has 0 aliphatic carbocycles. The fourth-order valence-electron chi connectivity index (χ4n) is 4.43. The van der Waals surface area contributed by atoms with Gasteiger partial charge in [0.25, 0.3) is 0 Å². The molecule has 2 aliphatic rings. The third-order valence-corrected chi connectivity index (χ3v) is 6.20. The van der Waals surface area contributed by atoms with Crippen molar-refractivity contribution in [2.75, 3.05) is 19.8 Å². The SMILES string of the molecule is O=C1CC(c2ccc(-c3nc4[nH]c(=O)[nH]c4nc3CCC3CCOCC3)cc2)CN1. The lowest BCUT2D eigenvalue weighted by Gasteiger charge is -2.22. The van der Waals surface area contributed by atoms with Crippen LogP contribution >= 0.6 is 0 Å². The number of aromatic nitrogens is 4. The number of carbonyl (C=O) groups is 1. The number of amides is 1. The van der Waals surface area contributed by atoms with E-state index in [4.69, 9.17) is 14.7 Å². The molecule has 1 amide bonds. The molecule has 1 aromatic carbocycles. The highest BCUT2D eigenvalue weighted by Crippen LogP contribution is 2.29. The first-order valence-corrected chi connectivity index (χ1v) is 10.6. The Kier molecular flexibility index (Phi) is 5.08. The van der Waals surface area contributed by atoms with E-state index in [1.807, 2.05) is 12.1 Å². The van der Waals surface area contributed by atoms with Crippen molar-refractivity contribution in [1.82, 2.24) is 25.3 Å². The number of aryl methyl sites for hydroxylation is 1. The van der Waals surface area contributed by atoms with Gasteiger partial charge in [-0.05, 0) is 37.2 Å². The lowest BCUT2D eigenvalue weighted by Crippen LogP contribution is -2.16. The van der Waals surface area contributed by atoms with Crippen molar-refractivity contribution in [2.45, 2.75) is 38.0 Å². The van der Waals surface area contributed by atoms with Gasteiger partial charge in [-0.15, -0.1) is 0 Å². The van der Waals surface area contributed by atoms with Crippen molar-refractivity contribution >= 4 is 17.2 Å². The van der Waals surface area contributed by atoms with Gasteiger partial charge in [0.1, 0.15) is 0 Å². The molecule has 30 heavy (non-hydrogen) atoms. The molecule has 156 valence electrons. The Morgan fingerprint density at radius 3 is 2.43 bits per heavy atom. The van der Waals surface area contributed by atoms with Gasteiger partial charge >= 0.3 is 5.69 Å². The molecule has 0 bridgehead atoms. The molecule has 2 aromatic heterocycles. The van der Waals surface area contributed by atoms with Gasteiger partial charge in [-0.2, -0.15) is 0 Å². The van der Waals surface area contributed by atoms with Gasteiger partial charge < -0.3 is 10.1 Å². The monoisotopic (exact) mass is 407 g/mol. The van der Waals surface area contributed by atoms with Gasteiger partial charge in [0.2, 0.25) is 5.91 Å². The quantitative estimate of drug-likeness (QED) is 0.601. The number of rotatable bonds is 5. The average molecular weight is 407 g/mol. The molecule has 4 heterocycles. The Balaban J connectivity index is 1.45. The predicted octanol–water partition coefficient (Wildman–Crippen LogP) is 2.28. The molecular formula is C22H25N5O3. The van der Waals surface area contributed by atoms with Crippen molar-refractivity contribution in [2.24, 2.45) is 5.92 Å². The number of nitrogens with zero attached hydrogens (tertiary/aromatic N) is 2. The van der Waals surface area contributed by atoms with E-state index in [1.165, 1.54) is 0 Å². The van der Waals surface area contributed by atoms with E-state index in [0.29, 0.717) is 30.2 Å². The van der Waals surface area contributed by atoms with E-state index in [2.05, 4.69) is 27.4 Å². The summed E-state index contributed by atoms with van der Waals surface area (Å²) in [4.78, 5) is 38.2. The second-order valence-electron chi connectivity index (χ2n) is 8.22. The molecule has 3 N–H and O–H groups in total. The molecule has 2 fully saturated rings. The first-order chi connectivity index (χ1) is 14.7. The van der Waals surface area contributed by atoms with Crippen LogP contribution in [-0.4, -0.2) is 45.6 Å².